The van der Waals surface area contributed by atoms with Gasteiger partial charge in [0.05, 0.1) is 17.9 Å². The Kier molecular flexibility index (Phi) is 5.16. The van der Waals surface area contributed by atoms with Gasteiger partial charge >= 0.3 is 0 Å². The summed E-state index contributed by atoms with van der Waals surface area (Å²) in [6.45, 7) is 1.98. The number of hydrogen-bond donors (Lipinski definition) is 0. The van der Waals surface area contributed by atoms with E-state index in [9.17, 15) is 13.2 Å². The van der Waals surface area contributed by atoms with Gasteiger partial charge in [0.15, 0.2) is 0 Å². The van der Waals surface area contributed by atoms with Gasteiger partial charge in [-0.25, -0.2) is 13.2 Å². The Morgan fingerprint density at radius 2 is 1.41 bits per heavy atom. The van der Waals surface area contributed by atoms with Crippen molar-refractivity contribution in [2.45, 2.75) is 13.5 Å². The Bertz CT molecular complexity index is 1150. The first-order valence-corrected chi connectivity index (χ1v) is 9.34. The first-order valence-electron chi connectivity index (χ1n) is 8.96. The second kappa shape index (κ2) is 7.76. The van der Waals surface area contributed by atoms with E-state index >= 15 is 0 Å². The van der Waals surface area contributed by atoms with Crippen LogP contribution in [0.4, 0.5) is 13.2 Å². The molecule has 2 nitrogen and oxygen atoms in total. The van der Waals surface area contributed by atoms with Gasteiger partial charge in [0.1, 0.15) is 17.5 Å². The van der Waals surface area contributed by atoms with Crippen LogP contribution in [-0.4, -0.2) is 9.78 Å². The van der Waals surface area contributed by atoms with E-state index < -0.39 is 5.82 Å². The van der Waals surface area contributed by atoms with Crippen LogP contribution < -0.4 is 0 Å². The minimum atomic E-state index is -0.431. The van der Waals surface area contributed by atoms with Gasteiger partial charge in [-0.2, -0.15) is 5.10 Å². The summed E-state index contributed by atoms with van der Waals surface area (Å²) in [5.41, 5.74) is 3.93. The standard InChI is InChI=1S/C23H16ClF3N2/c1-14-22(15-5-9-17(25)10-6-15)28-29(13-19-20(24)3-2-4-21(19)27)23(14)16-7-11-18(26)12-8-16/h2-12H,13H2,1H3. The molecule has 0 aliphatic heterocycles. The molecule has 0 aliphatic carbocycles. The van der Waals surface area contributed by atoms with E-state index in [4.69, 9.17) is 11.6 Å². The molecule has 1 aromatic heterocycles. The Hall–Kier alpha value is -3.05. The Morgan fingerprint density at radius 3 is 2.00 bits per heavy atom. The molecule has 0 spiro atoms. The molecule has 1 heterocycles. The van der Waals surface area contributed by atoms with Crippen LogP contribution in [-0.2, 0) is 6.54 Å². The van der Waals surface area contributed by atoms with Gasteiger partial charge in [0.2, 0.25) is 0 Å². The van der Waals surface area contributed by atoms with Gasteiger partial charge < -0.3 is 0 Å². The topological polar surface area (TPSA) is 17.8 Å². The highest BCUT2D eigenvalue weighted by molar-refractivity contribution is 6.31. The van der Waals surface area contributed by atoms with Crippen LogP contribution in [0.3, 0.4) is 0 Å². The Labute approximate surface area is 171 Å². The highest BCUT2D eigenvalue weighted by Gasteiger charge is 2.19. The maximum Gasteiger partial charge on any atom is 0.129 e. The first kappa shape index (κ1) is 19.3. The molecule has 6 heteroatoms. The molecule has 0 amide bonds. The monoisotopic (exact) mass is 412 g/mol. The zero-order valence-corrected chi connectivity index (χ0v) is 16.2. The van der Waals surface area contributed by atoms with E-state index in [0.29, 0.717) is 22.0 Å². The largest absolute Gasteiger partial charge is 0.259 e. The predicted molar refractivity (Wildman–Crippen MR) is 108 cm³/mol. The van der Waals surface area contributed by atoms with Crippen LogP contribution in [0, 0.1) is 24.4 Å². The number of halogens is 4. The van der Waals surface area contributed by atoms with E-state index in [1.807, 2.05) is 6.92 Å². The van der Waals surface area contributed by atoms with E-state index in [1.165, 1.54) is 30.3 Å². The summed E-state index contributed by atoms with van der Waals surface area (Å²) in [5, 5.41) is 4.96. The summed E-state index contributed by atoms with van der Waals surface area (Å²) in [6, 6.07) is 16.5. The number of hydrogen-bond acceptors (Lipinski definition) is 1. The molecule has 0 radical (unpaired) electrons. The predicted octanol–water partition coefficient (Wildman–Crippen LogP) is 6.64. The molecule has 29 heavy (non-hydrogen) atoms. The average Bonchev–Trinajstić information content (AvgIpc) is 3.02. The molecule has 0 saturated carbocycles. The van der Waals surface area contributed by atoms with Crippen molar-refractivity contribution in [3.05, 3.63) is 100 Å². The molecule has 0 N–H and O–H groups in total. The minimum Gasteiger partial charge on any atom is -0.259 e. The van der Waals surface area contributed by atoms with Crippen molar-refractivity contribution in [3.8, 4) is 22.5 Å². The Morgan fingerprint density at radius 1 is 0.828 bits per heavy atom. The molecule has 0 saturated heterocycles. The second-order valence-electron chi connectivity index (χ2n) is 6.69. The quantitative estimate of drug-likeness (QED) is 0.367. The lowest BCUT2D eigenvalue weighted by Crippen LogP contribution is -2.06. The number of nitrogens with zero attached hydrogens (tertiary/aromatic N) is 2. The SMILES string of the molecule is Cc1c(-c2ccc(F)cc2)nn(Cc2c(F)cccc2Cl)c1-c1ccc(F)cc1. The van der Waals surface area contributed by atoms with Crippen molar-refractivity contribution in [1.82, 2.24) is 9.78 Å². The summed E-state index contributed by atoms with van der Waals surface area (Å²) in [4.78, 5) is 0. The van der Waals surface area contributed by atoms with Crippen LogP contribution in [0.25, 0.3) is 22.5 Å². The Balaban J connectivity index is 1.89. The molecular weight excluding hydrogens is 397 g/mol. The normalized spacial score (nSPS) is 11.1. The maximum absolute atomic E-state index is 14.4. The highest BCUT2D eigenvalue weighted by atomic mass is 35.5. The summed E-state index contributed by atoms with van der Waals surface area (Å²) in [5.74, 6) is -1.13. The van der Waals surface area contributed by atoms with Gasteiger partial charge in [0.25, 0.3) is 0 Å². The smallest absolute Gasteiger partial charge is 0.129 e. The van der Waals surface area contributed by atoms with E-state index in [0.717, 1.165) is 16.7 Å². The third-order valence-electron chi connectivity index (χ3n) is 4.79. The number of rotatable bonds is 4. The zero-order chi connectivity index (χ0) is 20.5. The van der Waals surface area contributed by atoms with Crippen molar-refractivity contribution >= 4 is 11.6 Å². The number of benzene rings is 3. The van der Waals surface area contributed by atoms with Crippen LogP contribution in [0.5, 0.6) is 0 Å². The molecule has 0 unspecified atom stereocenters. The lowest BCUT2D eigenvalue weighted by Gasteiger charge is -2.11. The molecule has 4 rings (SSSR count). The lowest BCUT2D eigenvalue weighted by molar-refractivity contribution is 0.587. The minimum absolute atomic E-state index is 0.0975. The molecule has 146 valence electrons. The maximum atomic E-state index is 14.4. The fourth-order valence-corrected chi connectivity index (χ4v) is 3.58. The van der Waals surface area contributed by atoms with Crippen molar-refractivity contribution in [2.24, 2.45) is 0 Å². The van der Waals surface area contributed by atoms with Crippen LogP contribution >= 0.6 is 11.6 Å². The summed E-state index contributed by atoms with van der Waals surface area (Å²) >= 11 is 6.21. The van der Waals surface area contributed by atoms with Crippen LogP contribution in [0.15, 0.2) is 66.7 Å². The summed E-state index contributed by atoms with van der Waals surface area (Å²) in [6.07, 6.45) is 0. The second-order valence-corrected chi connectivity index (χ2v) is 7.10. The van der Waals surface area contributed by atoms with Gasteiger partial charge in [-0.1, -0.05) is 17.7 Å². The van der Waals surface area contributed by atoms with E-state index in [1.54, 1.807) is 41.1 Å². The molecule has 0 atom stereocenters. The van der Waals surface area contributed by atoms with Gasteiger partial charge in [0, 0.05) is 27.3 Å². The average molecular weight is 413 g/mol. The highest BCUT2D eigenvalue weighted by Crippen LogP contribution is 2.33. The lowest BCUT2D eigenvalue weighted by atomic mass is 10.0. The molecule has 4 aromatic rings. The summed E-state index contributed by atoms with van der Waals surface area (Å²) in [7, 11) is 0. The third kappa shape index (κ3) is 3.78. The van der Waals surface area contributed by atoms with E-state index in [-0.39, 0.29) is 18.2 Å². The fraction of sp³-hybridized carbons (Fsp3) is 0.0870. The molecule has 0 aliphatic rings. The molecule has 0 fully saturated rings. The fourth-order valence-electron chi connectivity index (χ4n) is 3.35. The van der Waals surface area contributed by atoms with Crippen LogP contribution in [0.2, 0.25) is 5.02 Å². The van der Waals surface area contributed by atoms with Gasteiger partial charge in [-0.05, 0) is 67.6 Å². The molecule has 3 aromatic carbocycles. The van der Waals surface area contributed by atoms with Crippen molar-refractivity contribution in [1.29, 1.82) is 0 Å². The van der Waals surface area contributed by atoms with Crippen molar-refractivity contribution < 1.29 is 13.2 Å². The summed E-state index contributed by atoms with van der Waals surface area (Å²) < 4.78 is 42.8. The van der Waals surface area contributed by atoms with Crippen molar-refractivity contribution in [2.75, 3.05) is 0 Å². The first-order chi connectivity index (χ1) is 13.9. The van der Waals surface area contributed by atoms with E-state index in [2.05, 4.69) is 5.10 Å². The van der Waals surface area contributed by atoms with Crippen molar-refractivity contribution in [3.63, 3.8) is 0 Å². The zero-order valence-electron chi connectivity index (χ0n) is 15.5. The number of aromatic nitrogens is 2. The molecular formula is C23H16ClF3N2. The van der Waals surface area contributed by atoms with Gasteiger partial charge in [-0.3, -0.25) is 4.68 Å². The third-order valence-corrected chi connectivity index (χ3v) is 5.15. The van der Waals surface area contributed by atoms with Crippen LogP contribution in [0.1, 0.15) is 11.1 Å². The van der Waals surface area contributed by atoms with Gasteiger partial charge in [-0.15, -0.1) is 0 Å². The molecule has 0 bridgehead atoms.